The van der Waals surface area contributed by atoms with Crippen molar-refractivity contribution in [1.29, 1.82) is 0 Å². The van der Waals surface area contributed by atoms with Gasteiger partial charge in [-0.3, -0.25) is 4.98 Å². The van der Waals surface area contributed by atoms with E-state index in [1.54, 1.807) is 25.6 Å². The molecule has 0 aliphatic carbocycles. The van der Waals surface area contributed by atoms with Crippen LogP contribution < -0.4 is 10.1 Å². The summed E-state index contributed by atoms with van der Waals surface area (Å²) in [4.78, 5) is 19.9. The van der Waals surface area contributed by atoms with Crippen molar-refractivity contribution in [3.05, 3.63) is 54.5 Å². The Morgan fingerprint density at radius 2 is 2.16 bits per heavy atom. The number of methoxy groups -OCH3 is 1. The summed E-state index contributed by atoms with van der Waals surface area (Å²) >= 11 is 0. The van der Waals surface area contributed by atoms with Gasteiger partial charge in [0.25, 0.3) is 0 Å². The molecule has 0 bridgehead atoms. The van der Waals surface area contributed by atoms with E-state index in [-0.39, 0.29) is 5.69 Å². The Morgan fingerprint density at radius 1 is 1.28 bits per heavy atom. The largest absolute Gasteiger partial charge is 0.497 e. The monoisotopic (exact) mass is 335 g/mol. The van der Waals surface area contributed by atoms with Crippen LogP contribution in [0, 0.1) is 0 Å². The summed E-state index contributed by atoms with van der Waals surface area (Å²) in [7, 11) is 1.59. The van der Waals surface area contributed by atoms with Gasteiger partial charge < -0.3 is 15.2 Å². The third-order valence-corrected chi connectivity index (χ3v) is 3.76. The molecule has 124 valence electrons. The van der Waals surface area contributed by atoms with Gasteiger partial charge in [0.2, 0.25) is 5.95 Å². The highest BCUT2D eigenvalue weighted by Crippen LogP contribution is 2.25. The van der Waals surface area contributed by atoms with Gasteiger partial charge in [-0.2, -0.15) is 9.61 Å². The van der Waals surface area contributed by atoms with Crippen LogP contribution in [0.25, 0.3) is 16.4 Å². The molecule has 2 N–H and O–H groups in total. The zero-order valence-electron chi connectivity index (χ0n) is 13.2. The van der Waals surface area contributed by atoms with E-state index >= 15 is 0 Å². The number of fused-ring (bicyclic) bond motifs is 3. The van der Waals surface area contributed by atoms with Crippen LogP contribution in [0.2, 0.25) is 0 Å². The standard InChI is InChI=1S/C17H13N5O3/c1-25-11-4-2-3-10(7-11)19-17-20-13-5-6-18-9-12(13)15-8-14(16(23)24)21-22(15)17/h2-9H,1H3,(H,19,20)(H,23,24). The second-order valence-corrected chi connectivity index (χ2v) is 5.32. The van der Waals surface area contributed by atoms with Gasteiger partial charge in [0.1, 0.15) is 5.75 Å². The number of hydrogen-bond donors (Lipinski definition) is 2. The summed E-state index contributed by atoms with van der Waals surface area (Å²) < 4.78 is 6.68. The summed E-state index contributed by atoms with van der Waals surface area (Å²) in [6, 6.07) is 10.6. The molecule has 0 spiro atoms. The van der Waals surface area contributed by atoms with Gasteiger partial charge in [0, 0.05) is 29.5 Å². The maximum Gasteiger partial charge on any atom is 0.356 e. The number of hydrogen-bond acceptors (Lipinski definition) is 6. The van der Waals surface area contributed by atoms with Gasteiger partial charge in [-0.15, -0.1) is 0 Å². The van der Waals surface area contributed by atoms with Gasteiger partial charge in [0.15, 0.2) is 5.69 Å². The second-order valence-electron chi connectivity index (χ2n) is 5.32. The van der Waals surface area contributed by atoms with E-state index in [1.165, 1.54) is 10.6 Å². The number of aromatic carboxylic acids is 1. The maximum atomic E-state index is 11.3. The third kappa shape index (κ3) is 2.59. The van der Waals surface area contributed by atoms with Crippen molar-refractivity contribution in [2.24, 2.45) is 0 Å². The first-order valence-electron chi connectivity index (χ1n) is 7.43. The maximum absolute atomic E-state index is 11.3. The zero-order chi connectivity index (χ0) is 17.4. The Labute approximate surface area is 141 Å². The van der Waals surface area contributed by atoms with E-state index in [4.69, 9.17) is 4.74 Å². The van der Waals surface area contributed by atoms with Crippen LogP contribution in [0.3, 0.4) is 0 Å². The van der Waals surface area contributed by atoms with Crippen LogP contribution in [0.5, 0.6) is 5.75 Å². The van der Waals surface area contributed by atoms with Gasteiger partial charge in [-0.25, -0.2) is 9.78 Å². The third-order valence-electron chi connectivity index (χ3n) is 3.76. The molecule has 3 heterocycles. The van der Waals surface area contributed by atoms with Crippen LogP contribution >= 0.6 is 0 Å². The minimum absolute atomic E-state index is 0.0631. The molecule has 0 aliphatic rings. The van der Waals surface area contributed by atoms with E-state index in [2.05, 4.69) is 20.4 Å². The number of nitrogens with one attached hydrogen (secondary N) is 1. The Balaban J connectivity index is 1.92. The summed E-state index contributed by atoms with van der Waals surface area (Å²) in [5, 5.41) is 17.3. The summed E-state index contributed by atoms with van der Waals surface area (Å²) in [5.41, 5.74) is 1.98. The SMILES string of the molecule is COc1cccc(Nc2nc3ccncc3c3cc(C(=O)O)nn23)c1. The highest BCUT2D eigenvalue weighted by Gasteiger charge is 2.15. The number of carboxylic acids is 1. The Morgan fingerprint density at radius 3 is 2.96 bits per heavy atom. The molecule has 3 aromatic heterocycles. The van der Waals surface area contributed by atoms with Crippen molar-refractivity contribution in [2.45, 2.75) is 0 Å². The fourth-order valence-electron chi connectivity index (χ4n) is 2.59. The lowest BCUT2D eigenvalue weighted by molar-refractivity contribution is 0.0690. The van der Waals surface area contributed by atoms with Crippen LogP contribution in [0.4, 0.5) is 11.6 Å². The molecule has 4 rings (SSSR count). The first kappa shape index (κ1) is 14.9. The predicted molar refractivity (Wildman–Crippen MR) is 91.5 cm³/mol. The zero-order valence-corrected chi connectivity index (χ0v) is 13.2. The van der Waals surface area contributed by atoms with Gasteiger partial charge in [-0.1, -0.05) is 6.07 Å². The number of nitrogens with zero attached hydrogens (tertiary/aromatic N) is 4. The first-order valence-corrected chi connectivity index (χ1v) is 7.43. The van der Waals surface area contributed by atoms with Crippen LogP contribution in [0.1, 0.15) is 10.5 Å². The molecular formula is C17H13N5O3. The lowest BCUT2D eigenvalue weighted by atomic mass is 10.2. The van der Waals surface area contributed by atoms with Gasteiger partial charge >= 0.3 is 5.97 Å². The second kappa shape index (κ2) is 5.75. The van der Waals surface area contributed by atoms with E-state index in [9.17, 15) is 9.90 Å². The summed E-state index contributed by atoms with van der Waals surface area (Å²) in [6.07, 6.45) is 3.27. The molecule has 0 saturated heterocycles. The molecule has 0 aliphatic heterocycles. The Hall–Kier alpha value is -3.68. The van der Waals surface area contributed by atoms with Crippen molar-refractivity contribution in [3.63, 3.8) is 0 Å². The molecule has 1 aromatic carbocycles. The van der Waals surface area contributed by atoms with Crippen molar-refractivity contribution >= 4 is 34.0 Å². The van der Waals surface area contributed by atoms with Crippen LogP contribution in [-0.4, -0.2) is 37.8 Å². The van der Waals surface area contributed by atoms with Crippen molar-refractivity contribution < 1.29 is 14.6 Å². The molecule has 0 fully saturated rings. The minimum atomic E-state index is -1.10. The van der Waals surface area contributed by atoms with Crippen molar-refractivity contribution in [1.82, 2.24) is 19.6 Å². The fourth-order valence-corrected chi connectivity index (χ4v) is 2.59. The quantitative estimate of drug-likeness (QED) is 0.591. The molecule has 0 radical (unpaired) electrons. The van der Waals surface area contributed by atoms with Crippen LogP contribution in [0.15, 0.2) is 48.8 Å². The smallest absolute Gasteiger partial charge is 0.356 e. The van der Waals surface area contributed by atoms with Crippen LogP contribution in [-0.2, 0) is 0 Å². The first-order chi connectivity index (χ1) is 12.2. The molecule has 25 heavy (non-hydrogen) atoms. The number of ether oxygens (including phenoxy) is 1. The molecule has 4 aromatic rings. The number of pyridine rings is 1. The predicted octanol–water partition coefficient (Wildman–Crippen LogP) is 2.73. The fraction of sp³-hybridized carbons (Fsp3) is 0.0588. The molecule has 0 atom stereocenters. The Bertz CT molecular complexity index is 1110. The molecule has 0 unspecified atom stereocenters. The van der Waals surface area contributed by atoms with E-state index < -0.39 is 5.97 Å². The molecule has 0 saturated carbocycles. The molecule has 8 nitrogen and oxygen atoms in total. The Kier molecular flexibility index (Phi) is 3.42. The lowest BCUT2D eigenvalue weighted by Gasteiger charge is -2.10. The van der Waals surface area contributed by atoms with E-state index in [1.807, 2.05) is 24.3 Å². The number of anilines is 2. The topological polar surface area (TPSA) is 102 Å². The average Bonchev–Trinajstić information content (AvgIpc) is 3.08. The number of carbonyl (C=O) groups is 1. The van der Waals surface area contributed by atoms with Gasteiger partial charge in [0.05, 0.1) is 18.1 Å². The normalized spacial score (nSPS) is 10.9. The van der Waals surface area contributed by atoms with Crippen molar-refractivity contribution in [2.75, 3.05) is 12.4 Å². The highest BCUT2D eigenvalue weighted by atomic mass is 16.5. The van der Waals surface area contributed by atoms with Gasteiger partial charge in [-0.05, 0) is 24.3 Å². The summed E-state index contributed by atoms with van der Waals surface area (Å²) in [5.74, 6) is -0.0135. The number of rotatable bonds is 4. The number of benzene rings is 1. The molecular weight excluding hydrogens is 322 g/mol. The van der Waals surface area contributed by atoms with E-state index in [0.717, 1.165) is 11.1 Å². The van der Waals surface area contributed by atoms with Crippen molar-refractivity contribution in [3.8, 4) is 5.75 Å². The average molecular weight is 335 g/mol. The highest BCUT2D eigenvalue weighted by molar-refractivity contribution is 5.97. The number of aromatic nitrogens is 4. The lowest BCUT2D eigenvalue weighted by Crippen LogP contribution is -2.05. The minimum Gasteiger partial charge on any atom is -0.497 e. The van der Waals surface area contributed by atoms with E-state index in [0.29, 0.717) is 22.7 Å². The number of carboxylic acid groups (broad SMARTS) is 1. The molecule has 8 heteroatoms. The summed E-state index contributed by atoms with van der Waals surface area (Å²) in [6.45, 7) is 0. The molecule has 0 amide bonds.